The van der Waals surface area contributed by atoms with E-state index in [1.807, 2.05) is 0 Å². The Labute approximate surface area is 147 Å². The minimum absolute atomic E-state index is 0.0742. The van der Waals surface area contributed by atoms with E-state index in [4.69, 9.17) is 4.74 Å². The summed E-state index contributed by atoms with van der Waals surface area (Å²) in [5.74, 6) is 0.973. The summed E-state index contributed by atoms with van der Waals surface area (Å²) < 4.78 is 10.6. The maximum Gasteiger partial charge on any atom is 0.417 e. The first-order chi connectivity index (χ1) is 11.3. The molecule has 0 atom stereocenters. The summed E-state index contributed by atoms with van der Waals surface area (Å²) in [6.07, 6.45) is 3.81. The van der Waals surface area contributed by atoms with Crippen molar-refractivity contribution in [1.82, 2.24) is 0 Å². The van der Waals surface area contributed by atoms with Crippen LogP contribution in [0.25, 0.3) is 0 Å². The first-order valence-corrected chi connectivity index (χ1v) is 9.05. The van der Waals surface area contributed by atoms with E-state index in [0.717, 1.165) is 31.4 Å². The second kappa shape index (κ2) is 9.10. The normalized spacial score (nSPS) is 12.1. The first kappa shape index (κ1) is 20.5. The van der Waals surface area contributed by atoms with Crippen molar-refractivity contribution in [3.63, 3.8) is 0 Å². The van der Waals surface area contributed by atoms with E-state index < -0.39 is 0 Å². The summed E-state index contributed by atoms with van der Waals surface area (Å²) >= 11 is 0. The monoisotopic (exact) mass is 333 g/mol. The summed E-state index contributed by atoms with van der Waals surface area (Å²) in [7, 11) is 0. The molecule has 0 heterocycles. The van der Waals surface area contributed by atoms with Crippen molar-refractivity contribution >= 4 is 6.47 Å². The molecule has 0 aliphatic carbocycles. The van der Waals surface area contributed by atoms with Crippen LogP contribution in [-0.4, -0.2) is 19.7 Å². The summed E-state index contributed by atoms with van der Waals surface area (Å²) in [6.45, 7) is 16.0. The quantitative estimate of drug-likeness (QED) is 0.515. The van der Waals surface area contributed by atoms with Crippen molar-refractivity contribution < 1.29 is 14.3 Å². The van der Waals surface area contributed by atoms with Gasteiger partial charge >= 0.3 is 6.47 Å². The van der Waals surface area contributed by atoms with Crippen molar-refractivity contribution in [2.75, 3.05) is 13.2 Å². The van der Waals surface area contributed by atoms with Crippen LogP contribution in [0, 0.1) is 0 Å². The Morgan fingerprint density at radius 2 is 1.58 bits per heavy atom. The molecule has 0 aliphatic heterocycles. The molecule has 0 saturated carbocycles. The van der Waals surface area contributed by atoms with Gasteiger partial charge in [-0.15, -0.1) is 0 Å². The molecule has 135 valence electrons. The SMILES string of the molecule is CCC(C)(C)c1ccc(OCCCCO[C]=O)c(C(C)(C)CC)c1. The number of benzene rings is 1. The molecular weight excluding hydrogens is 300 g/mol. The van der Waals surface area contributed by atoms with Gasteiger partial charge in [0, 0.05) is 5.56 Å². The van der Waals surface area contributed by atoms with Crippen molar-refractivity contribution in [3.8, 4) is 5.75 Å². The zero-order chi connectivity index (χ0) is 18.2. The van der Waals surface area contributed by atoms with Crippen molar-refractivity contribution in [3.05, 3.63) is 29.3 Å². The van der Waals surface area contributed by atoms with Gasteiger partial charge in [0.2, 0.25) is 0 Å². The van der Waals surface area contributed by atoms with Gasteiger partial charge in [0.25, 0.3) is 0 Å². The van der Waals surface area contributed by atoms with Crippen LogP contribution in [-0.2, 0) is 20.4 Å². The molecule has 0 bridgehead atoms. The fourth-order valence-corrected chi connectivity index (χ4v) is 2.50. The molecule has 0 spiro atoms. The lowest BCUT2D eigenvalue weighted by molar-refractivity contribution is 0.245. The van der Waals surface area contributed by atoms with Crippen LogP contribution >= 0.6 is 0 Å². The predicted octanol–water partition coefficient (Wildman–Crippen LogP) is 5.30. The Kier molecular flexibility index (Phi) is 7.78. The number of unbranched alkanes of at least 4 members (excludes halogenated alkanes) is 1. The van der Waals surface area contributed by atoms with Crippen molar-refractivity contribution in [2.45, 2.75) is 78.1 Å². The maximum absolute atomic E-state index is 10.0. The summed E-state index contributed by atoms with van der Waals surface area (Å²) in [6, 6.07) is 6.64. The number of rotatable bonds is 11. The third kappa shape index (κ3) is 5.54. The molecule has 0 aliphatic rings. The molecule has 3 heteroatoms. The lowest BCUT2D eigenvalue weighted by Gasteiger charge is -2.30. The van der Waals surface area contributed by atoms with Crippen molar-refractivity contribution in [1.29, 1.82) is 0 Å². The molecule has 1 aromatic carbocycles. The van der Waals surface area contributed by atoms with E-state index in [1.165, 1.54) is 17.6 Å². The Balaban J connectivity index is 2.92. The molecule has 0 N–H and O–H groups in total. The largest absolute Gasteiger partial charge is 0.493 e. The highest BCUT2D eigenvalue weighted by Gasteiger charge is 2.26. The van der Waals surface area contributed by atoms with E-state index in [2.05, 4.69) is 64.5 Å². The van der Waals surface area contributed by atoms with Gasteiger partial charge < -0.3 is 9.47 Å². The lowest BCUT2D eigenvalue weighted by atomic mass is 9.76. The summed E-state index contributed by atoms with van der Waals surface area (Å²) in [5.41, 5.74) is 2.88. The Bertz CT molecular complexity index is 518. The number of ether oxygens (including phenoxy) is 2. The molecule has 1 aromatic rings. The minimum atomic E-state index is 0.0742. The molecule has 0 aromatic heterocycles. The smallest absolute Gasteiger partial charge is 0.417 e. The highest BCUT2D eigenvalue weighted by atomic mass is 16.5. The van der Waals surface area contributed by atoms with Crippen LogP contribution in [0.15, 0.2) is 18.2 Å². The summed E-state index contributed by atoms with van der Waals surface area (Å²) in [5, 5.41) is 0. The summed E-state index contributed by atoms with van der Waals surface area (Å²) in [4.78, 5) is 10.0. The van der Waals surface area contributed by atoms with E-state index in [9.17, 15) is 4.79 Å². The molecule has 0 unspecified atom stereocenters. The lowest BCUT2D eigenvalue weighted by Crippen LogP contribution is -2.21. The van der Waals surface area contributed by atoms with E-state index >= 15 is 0 Å². The molecule has 1 radical (unpaired) electrons. The van der Waals surface area contributed by atoms with Gasteiger partial charge in [-0.3, -0.25) is 0 Å². The highest BCUT2D eigenvalue weighted by Crippen LogP contribution is 2.38. The average Bonchev–Trinajstić information content (AvgIpc) is 2.57. The highest BCUT2D eigenvalue weighted by molar-refractivity contribution is 5.44. The molecule has 0 amide bonds. The van der Waals surface area contributed by atoms with Crippen LogP contribution in [0.3, 0.4) is 0 Å². The Morgan fingerprint density at radius 1 is 0.958 bits per heavy atom. The van der Waals surface area contributed by atoms with Gasteiger partial charge in [-0.2, -0.15) is 0 Å². The van der Waals surface area contributed by atoms with Crippen LogP contribution in [0.2, 0.25) is 0 Å². The molecule has 0 saturated heterocycles. The van der Waals surface area contributed by atoms with Gasteiger partial charge in [-0.05, 0) is 48.1 Å². The molecule has 24 heavy (non-hydrogen) atoms. The molecule has 0 fully saturated rings. The fourth-order valence-electron chi connectivity index (χ4n) is 2.50. The average molecular weight is 333 g/mol. The zero-order valence-electron chi connectivity index (χ0n) is 16.2. The van der Waals surface area contributed by atoms with E-state index in [-0.39, 0.29) is 10.8 Å². The first-order valence-electron chi connectivity index (χ1n) is 9.05. The van der Waals surface area contributed by atoms with Gasteiger partial charge in [0.15, 0.2) is 0 Å². The predicted molar refractivity (Wildman–Crippen MR) is 99.5 cm³/mol. The fraction of sp³-hybridized carbons (Fsp3) is 0.667. The third-order valence-corrected chi connectivity index (χ3v) is 5.22. The van der Waals surface area contributed by atoms with E-state index in [0.29, 0.717) is 13.2 Å². The molecule has 3 nitrogen and oxygen atoms in total. The van der Waals surface area contributed by atoms with Gasteiger partial charge in [0.05, 0.1) is 13.2 Å². The number of hydrogen-bond donors (Lipinski definition) is 0. The van der Waals surface area contributed by atoms with Gasteiger partial charge in [-0.25, -0.2) is 4.79 Å². The maximum atomic E-state index is 10.0. The second-order valence-electron chi connectivity index (χ2n) is 7.67. The number of carbonyl (C=O) groups excluding carboxylic acids is 1. The minimum Gasteiger partial charge on any atom is -0.493 e. The Morgan fingerprint density at radius 3 is 2.17 bits per heavy atom. The van der Waals surface area contributed by atoms with E-state index in [1.54, 1.807) is 0 Å². The van der Waals surface area contributed by atoms with Crippen LogP contribution in [0.4, 0.5) is 0 Å². The second-order valence-corrected chi connectivity index (χ2v) is 7.67. The van der Waals surface area contributed by atoms with Crippen LogP contribution in [0.5, 0.6) is 5.75 Å². The van der Waals surface area contributed by atoms with Gasteiger partial charge in [-0.1, -0.05) is 53.7 Å². The Hall–Kier alpha value is -1.51. The molecule has 1 rings (SSSR count). The van der Waals surface area contributed by atoms with Gasteiger partial charge in [0.1, 0.15) is 5.75 Å². The number of hydrogen-bond acceptors (Lipinski definition) is 3. The topological polar surface area (TPSA) is 35.5 Å². The molecular formula is C21H33O3. The zero-order valence-corrected chi connectivity index (χ0v) is 16.2. The standard InChI is InChI=1S/C21H33O3/c1-7-20(3,4)17-11-12-19(18(15-17)21(5,6)8-2)24-14-10-9-13-23-16-22/h11-12,15H,7-10,13-14H2,1-6H3. The van der Waals surface area contributed by atoms with Crippen LogP contribution in [0.1, 0.15) is 78.4 Å². The van der Waals surface area contributed by atoms with Crippen LogP contribution < -0.4 is 4.74 Å². The third-order valence-electron chi connectivity index (χ3n) is 5.22. The van der Waals surface area contributed by atoms with Crippen molar-refractivity contribution in [2.24, 2.45) is 0 Å².